The molecule has 1 unspecified atom stereocenters. The van der Waals surface area contributed by atoms with E-state index in [9.17, 15) is 14.9 Å². The van der Waals surface area contributed by atoms with Gasteiger partial charge in [-0.15, -0.1) is 11.8 Å². The molecule has 1 aromatic rings. The first-order valence-corrected chi connectivity index (χ1v) is 5.92. The summed E-state index contributed by atoms with van der Waals surface area (Å²) in [7, 11) is 0. The maximum Gasteiger partial charge on any atom is 0.316 e. The van der Waals surface area contributed by atoms with Crippen LogP contribution >= 0.6 is 27.7 Å². The van der Waals surface area contributed by atoms with Gasteiger partial charge in [-0.25, -0.2) is 0 Å². The number of nitrogens with zero attached hydrogens (tertiary/aromatic N) is 1. The molecule has 0 fully saturated rings. The fourth-order valence-electron chi connectivity index (χ4n) is 0.974. The summed E-state index contributed by atoms with van der Waals surface area (Å²) in [6.45, 7) is 1.48. The molecule has 0 spiro atoms. The summed E-state index contributed by atoms with van der Waals surface area (Å²) in [6, 6.07) is 4.53. The van der Waals surface area contributed by atoms with Crippen LogP contribution in [0, 0.1) is 10.1 Å². The average Bonchev–Trinajstić information content (AvgIpc) is 2.20. The lowest BCUT2D eigenvalue weighted by Gasteiger charge is -2.06. The van der Waals surface area contributed by atoms with Gasteiger partial charge in [0.15, 0.2) is 0 Å². The number of nitro benzene ring substituents is 1. The number of rotatable bonds is 4. The largest absolute Gasteiger partial charge is 0.480 e. The number of aliphatic carboxylic acids is 1. The summed E-state index contributed by atoms with van der Waals surface area (Å²) in [5.41, 5.74) is -0.0903. The van der Waals surface area contributed by atoms with E-state index in [0.717, 1.165) is 11.8 Å². The third-order valence-electron chi connectivity index (χ3n) is 1.77. The highest BCUT2D eigenvalue weighted by Crippen LogP contribution is 2.34. The molecule has 16 heavy (non-hydrogen) atoms. The van der Waals surface area contributed by atoms with Gasteiger partial charge in [0.05, 0.1) is 9.82 Å². The summed E-state index contributed by atoms with van der Waals surface area (Å²) in [6.07, 6.45) is 0. The van der Waals surface area contributed by atoms with Gasteiger partial charge in [-0.1, -0.05) is 15.9 Å². The molecular weight excluding hydrogens is 298 g/mol. The normalized spacial score (nSPS) is 12.1. The van der Waals surface area contributed by atoms with Crippen molar-refractivity contribution >= 4 is 39.3 Å². The highest BCUT2D eigenvalue weighted by Gasteiger charge is 2.20. The predicted molar refractivity (Wildman–Crippen MR) is 63.8 cm³/mol. The first-order chi connectivity index (χ1) is 7.41. The van der Waals surface area contributed by atoms with Crippen molar-refractivity contribution in [2.75, 3.05) is 0 Å². The second-order valence-electron chi connectivity index (χ2n) is 2.97. The van der Waals surface area contributed by atoms with Crippen molar-refractivity contribution < 1.29 is 14.8 Å². The molecule has 1 aromatic carbocycles. The van der Waals surface area contributed by atoms with Crippen LogP contribution in [0.4, 0.5) is 5.69 Å². The van der Waals surface area contributed by atoms with Crippen LogP contribution in [-0.4, -0.2) is 21.2 Å². The highest BCUT2D eigenvalue weighted by molar-refractivity contribution is 9.10. The second kappa shape index (κ2) is 5.31. The first kappa shape index (κ1) is 13.0. The highest BCUT2D eigenvalue weighted by atomic mass is 79.9. The van der Waals surface area contributed by atoms with Crippen molar-refractivity contribution in [3.8, 4) is 0 Å². The minimum atomic E-state index is -0.998. The second-order valence-corrected chi connectivity index (χ2v) is 5.27. The van der Waals surface area contributed by atoms with Gasteiger partial charge in [0.2, 0.25) is 0 Å². The van der Waals surface area contributed by atoms with E-state index in [2.05, 4.69) is 15.9 Å². The average molecular weight is 306 g/mol. The van der Waals surface area contributed by atoms with Gasteiger partial charge < -0.3 is 5.11 Å². The van der Waals surface area contributed by atoms with Gasteiger partial charge in [-0.05, 0) is 19.1 Å². The zero-order chi connectivity index (χ0) is 12.3. The molecule has 0 radical (unpaired) electrons. The maximum absolute atomic E-state index is 10.7. The number of hydrogen-bond donors (Lipinski definition) is 1. The number of benzene rings is 1. The van der Waals surface area contributed by atoms with Gasteiger partial charge in [0.25, 0.3) is 5.69 Å². The molecule has 0 saturated heterocycles. The predicted octanol–water partition coefficient (Wildman–Crippen LogP) is 2.92. The van der Waals surface area contributed by atoms with Gasteiger partial charge in [0, 0.05) is 10.5 Å². The number of hydrogen-bond acceptors (Lipinski definition) is 4. The van der Waals surface area contributed by atoms with Crippen molar-refractivity contribution in [3.63, 3.8) is 0 Å². The summed E-state index contributed by atoms with van der Waals surface area (Å²) in [4.78, 5) is 21.2. The van der Waals surface area contributed by atoms with Gasteiger partial charge in [-0.3, -0.25) is 14.9 Å². The number of carbonyl (C=O) groups is 1. The Kier molecular flexibility index (Phi) is 4.31. The first-order valence-electron chi connectivity index (χ1n) is 4.25. The molecule has 0 aromatic heterocycles. The number of halogens is 1. The van der Waals surface area contributed by atoms with Crippen LogP contribution in [0.15, 0.2) is 27.6 Å². The standard InChI is InChI=1S/C9H8BrNO4S/c1-5(9(12)13)16-8-3-2-6(10)4-7(8)11(14)15/h2-5H,1H3,(H,12,13). The van der Waals surface area contributed by atoms with E-state index in [1.165, 1.54) is 19.1 Å². The molecule has 0 amide bonds. The fourth-order valence-corrected chi connectivity index (χ4v) is 2.21. The molecule has 1 rings (SSSR count). The van der Waals surface area contributed by atoms with Crippen LogP contribution in [0.25, 0.3) is 0 Å². The molecule has 0 heterocycles. The molecule has 86 valence electrons. The van der Waals surface area contributed by atoms with E-state index in [1.54, 1.807) is 6.07 Å². The Morgan fingerprint density at radius 1 is 1.62 bits per heavy atom. The minimum absolute atomic E-state index is 0.0903. The zero-order valence-electron chi connectivity index (χ0n) is 8.21. The van der Waals surface area contributed by atoms with Crippen LogP contribution in [0.1, 0.15) is 6.92 Å². The molecule has 1 atom stereocenters. The Balaban J connectivity index is 3.04. The molecule has 0 aliphatic heterocycles. The van der Waals surface area contributed by atoms with Gasteiger partial charge >= 0.3 is 5.97 Å². The maximum atomic E-state index is 10.7. The van der Waals surface area contributed by atoms with E-state index in [0.29, 0.717) is 9.37 Å². The van der Waals surface area contributed by atoms with E-state index in [4.69, 9.17) is 5.11 Å². The Morgan fingerprint density at radius 3 is 2.75 bits per heavy atom. The van der Waals surface area contributed by atoms with Crippen molar-refractivity contribution in [1.29, 1.82) is 0 Å². The third-order valence-corrected chi connectivity index (χ3v) is 3.42. The lowest BCUT2D eigenvalue weighted by molar-refractivity contribution is -0.387. The molecule has 1 N–H and O–H groups in total. The van der Waals surface area contributed by atoms with Crippen molar-refractivity contribution in [2.45, 2.75) is 17.1 Å². The van der Waals surface area contributed by atoms with E-state index < -0.39 is 16.1 Å². The number of thioether (sulfide) groups is 1. The molecule has 7 heteroatoms. The van der Waals surface area contributed by atoms with Crippen LogP contribution < -0.4 is 0 Å². The lowest BCUT2D eigenvalue weighted by atomic mass is 10.3. The van der Waals surface area contributed by atoms with Crippen molar-refractivity contribution in [2.24, 2.45) is 0 Å². The van der Waals surface area contributed by atoms with E-state index in [1.807, 2.05) is 0 Å². The quantitative estimate of drug-likeness (QED) is 0.525. The summed E-state index contributed by atoms with van der Waals surface area (Å²) in [5.74, 6) is -0.998. The zero-order valence-corrected chi connectivity index (χ0v) is 10.6. The number of carboxylic acid groups (broad SMARTS) is 1. The monoisotopic (exact) mass is 305 g/mol. The molecule has 0 saturated carbocycles. The summed E-state index contributed by atoms with van der Waals surface area (Å²) < 4.78 is 0.589. The van der Waals surface area contributed by atoms with Crippen molar-refractivity contribution in [3.05, 3.63) is 32.8 Å². The van der Waals surface area contributed by atoms with Crippen LogP contribution in [0.3, 0.4) is 0 Å². The topological polar surface area (TPSA) is 80.4 Å². The molecule has 0 bridgehead atoms. The molecule has 5 nitrogen and oxygen atoms in total. The Bertz CT molecular complexity index is 438. The smallest absolute Gasteiger partial charge is 0.316 e. The number of nitro groups is 1. The minimum Gasteiger partial charge on any atom is -0.480 e. The van der Waals surface area contributed by atoms with E-state index >= 15 is 0 Å². The Labute approximate surface area is 104 Å². The summed E-state index contributed by atoms with van der Waals surface area (Å²) >= 11 is 4.08. The Morgan fingerprint density at radius 2 is 2.25 bits per heavy atom. The fraction of sp³-hybridized carbons (Fsp3) is 0.222. The van der Waals surface area contributed by atoms with Crippen LogP contribution in [-0.2, 0) is 4.79 Å². The van der Waals surface area contributed by atoms with Gasteiger partial charge in [0.1, 0.15) is 5.25 Å². The lowest BCUT2D eigenvalue weighted by Crippen LogP contribution is -2.11. The SMILES string of the molecule is CC(Sc1ccc(Br)cc1[N+](=O)[O-])C(=O)O. The molecule has 0 aliphatic carbocycles. The third kappa shape index (κ3) is 3.21. The molecular formula is C9H8BrNO4S. The Hall–Kier alpha value is -1.08. The number of carboxylic acids is 1. The summed E-state index contributed by atoms with van der Waals surface area (Å²) in [5, 5.41) is 18.8. The van der Waals surface area contributed by atoms with Gasteiger partial charge in [-0.2, -0.15) is 0 Å². The van der Waals surface area contributed by atoms with E-state index in [-0.39, 0.29) is 5.69 Å². The molecule has 0 aliphatic rings. The van der Waals surface area contributed by atoms with Crippen LogP contribution in [0.2, 0.25) is 0 Å². The van der Waals surface area contributed by atoms with Crippen LogP contribution in [0.5, 0.6) is 0 Å². The van der Waals surface area contributed by atoms with Crippen molar-refractivity contribution in [1.82, 2.24) is 0 Å².